The predicted octanol–water partition coefficient (Wildman–Crippen LogP) is 3.03. The second kappa shape index (κ2) is 2.85. The lowest BCUT2D eigenvalue weighted by molar-refractivity contribution is 0.353. The fourth-order valence-corrected chi connectivity index (χ4v) is 3.23. The molecule has 0 amide bonds. The first kappa shape index (κ1) is 9.41. The maximum Gasteiger partial charge on any atom is 0.0355 e. The number of aryl methyl sites for hydroxylation is 2. The number of benzene rings is 1. The average molecular weight is 201 g/mol. The van der Waals surface area contributed by atoms with Crippen LogP contribution < -0.4 is 5.73 Å². The van der Waals surface area contributed by atoms with E-state index >= 15 is 0 Å². The molecule has 80 valence electrons. The summed E-state index contributed by atoms with van der Waals surface area (Å²) in [5, 5.41) is 0. The summed E-state index contributed by atoms with van der Waals surface area (Å²) >= 11 is 0. The van der Waals surface area contributed by atoms with E-state index < -0.39 is 0 Å². The molecular weight excluding hydrogens is 182 g/mol. The van der Waals surface area contributed by atoms with Crippen LogP contribution in [0.25, 0.3) is 0 Å². The zero-order valence-electron chi connectivity index (χ0n) is 9.64. The summed E-state index contributed by atoms with van der Waals surface area (Å²) in [7, 11) is 0. The van der Waals surface area contributed by atoms with Crippen molar-refractivity contribution in [3.8, 4) is 0 Å². The molecule has 2 N–H and O–H groups in total. The largest absolute Gasteiger partial charge is 0.323 e. The molecule has 1 heteroatoms. The number of hydrogen-bond acceptors (Lipinski definition) is 1. The van der Waals surface area contributed by atoms with Crippen LogP contribution in [0, 0.1) is 19.3 Å². The van der Waals surface area contributed by atoms with Crippen LogP contribution in [-0.4, -0.2) is 0 Å². The molecule has 15 heavy (non-hydrogen) atoms. The highest BCUT2D eigenvalue weighted by Crippen LogP contribution is 2.60. The molecule has 0 saturated heterocycles. The lowest BCUT2D eigenvalue weighted by Gasteiger charge is -2.32. The zero-order chi connectivity index (χ0) is 10.6. The van der Waals surface area contributed by atoms with Gasteiger partial charge in [0.2, 0.25) is 0 Å². The molecule has 2 aliphatic rings. The van der Waals surface area contributed by atoms with Crippen LogP contribution in [0.5, 0.6) is 0 Å². The Bertz CT molecular complexity index is 416. The smallest absolute Gasteiger partial charge is 0.0355 e. The van der Waals surface area contributed by atoms with Gasteiger partial charge in [-0.1, -0.05) is 17.7 Å². The first-order chi connectivity index (χ1) is 7.12. The highest BCUT2D eigenvalue weighted by molar-refractivity contribution is 5.43. The van der Waals surface area contributed by atoms with Crippen LogP contribution in [0.4, 0.5) is 0 Å². The van der Waals surface area contributed by atoms with Gasteiger partial charge in [0.1, 0.15) is 0 Å². The average Bonchev–Trinajstić information content (AvgIpc) is 2.94. The fourth-order valence-electron chi connectivity index (χ4n) is 3.23. The molecule has 1 spiro atoms. The van der Waals surface area contributed by atoms with Crippen molar-refractivity contribution < 1.29 is 0 Å². The molecule has 0 aliphatic heterocycles. The molecule has 0 bridgehead atoms. The number of nitrogens with two attached hydrogens (primary N) is 1. The quantitative estimate of drug-likeness (QED) is 0.686. The van der Waals surface area contributed by atoms with Gasteiger partial charge < -0.3 is 5.73 Å². The fraction of sp³-hybridized carbons (Fsp3) is 0.571. The molecule has 1 nitrogen and oxygen atoms in total. The van der Waals surface area contributed by atoms with Gasteiger partial charge in [-0.15, -0.1) is 0 Å². The van der Waals surface area contributed by atoms with Crippen molar-refractivity contribution in [1.29, 1.82) is 0 Å². The Kier molecular flexibility index (Phi) is 1.79. The van der Waals surface area contributed by atoms with Gasteiger partial charge in [0.25, 0.3) is 0 Å². The molecule has 0 radical (unpaired) electrons. The van der Waals surface area contributed by atoms with Gasteiger partial charge in [0.15, 0.2) is 0 Å². The minimum Gasteiger partial charge on any atom is -0.323 e. The Morgan fingerprint density at radius 2 is 1.93 bits per heavy atom. The van der Waals surface area contributed by atoms with Crippen molar-refractivity contribution in [2.45, 2.75) is 45.6 Å². The number of fused-ring (bicyclic) bond motifs is 1. The topological polar surface area (TPSA) is 26.0 Å². The molecular formula is C14H19N. The molecule has 1 fully saturated rings. The molecule has 3 rings (SSSR count). The van der Waals surface area contributed by atoms with Crippen molar-refractivity contribution >= 4 is 0 Å². The van der Waals surface area contributed by atoms with Crippen LogP contribution >= 0.6 is 0 Å². The summed E-state index contributed by atoms with van der Waals surface area (Å²) in [5.74, 6) is 0. The van der Waals surface area contributed by atoms with Gasteiger partial charge in [0, 0.05) is 6.04 Å². The third-order valence-electron chi connectivity index (χ3n) is 4.41. The van der Waals surface area contributed by atoms with E-state index in [9.17, 15) is 0 Å². The molecule has 1 aromatic rings. The highest BCUT2D eigenvalue weighted by atomic mass is 14.8. The van der Waals surface area contributed by atoms with Crippen molar-refractivity contribution in [2.75, 3.05) is 0 Å². The van der Waals surface area contributed by atoms with Crippen LogP contribution in [0.2, 0.25) is 0 Å². The monoisotopic (exact) mass is 201 g/mol. The standard InChI is InChI=1S/C14H19N/c1-9-7-10(2)11-3-4-14(5-6-14)13(15)12(11)8-9/h7-8,13H,3-6,15H2,1-2H3. The van der Waals surface area contributed by atoms with E-state index in [1.54, 1.807) is 0 Å². The van der Waals surface area contributed by atoms with Gasteiger partial charge in [0.05, 0.1) is 0 Å². The molecule has 0 aromatic heterocycles. The third kappa shape index (κ3) is 1.26. The van der Waals surface area contributed by atoms with E-state index in [1.165, 1.54) is 47.9 Å². The molecule has 1 saturated carbocycles. The Morgan fingerprint density at radius 3 is 2.60 bits per heavy atom. The van der Waals surface area contributed by atoms with Gasteiger partial charge in [-0.25, -0.2) is 0 Å². The van der Waals surface area contributed by atoms with E-state index in [0.717, 1.165) is 0 Å². The van der Waals surface area contributed by atoms with Crippen molar-refractivity contribution in [3.63, 3.8) is 0 Å². The Balaban J connectivity index is 2.14. The second-order valence-electron chi connectivity index (χ2n) is 5.49. The summed E-state index contributed by atoms with van der Waals surface area (Å²) in [5.41, 5.74) is 12.7. The van der Waals surface area contributed by atoms with E-state index in [0.29, 0.717) is 11.5 Å². The van der Waals surface area contributed by atoms with Crippen molar-refractivity contribution in [3.05, 3.63) is 34.4 Å². The summed E-state index contributed by atoms with van der Waals surface area (Å²) in [6.07, 6.45) is 5.25. The van der Waals surface area contributed by atoms with E-state index in [1.807, 2.05) is 0 Å². The minimum absolute atomic E-state index is 0.305. The molecule has 1 unspecified atom stereocenters. The predicted molar refractivity (Wildman–Crippen MR) is 62.8 cm³/mol. The third-order valence-corrected chi connectivity index (χ3v) is 4.41. The maximum absolute atomic E-state index is 6.42. The van der Waals surface area contributed by atoms with Gasteiger partial charge >= 0.3 is 0 Å². The van der Waals surface area contributed by atoms with Gasteiger partial charge in [-0.3, -0.25) is 0 Å². The second-order valence-corrected chi connectivity index (χ2v) is 5.49. The van der Waals surface area contributed by atoms with E-state index in [4.69, 9.17) is 5.73 Å². The highest BCUT2D eigenvalue weighted by Gasteiger charge is 2.50. The lowest BCUT2D eigenvalue weighted by Crippen LogP contribution is -2.29. The van der Waals surface area contributed by atoms with E-state index in [-0.39, 0.29) is 0 Å². The Hall–Kier alpha value is -0.820. The number of hydrogen-bond donors (Lipinski definition) is 1. The van der Waals surface area contributed by atoms with Gasteiger partial charge in [-0.05, 0) is 61.6 Å². The van der Waals surface area contributed by atoms with Crippen LogP contribution in [0.15, 0.2) is 12.1 Å². The van der Waals surface area contributed by atoms with Crippen LogP contribution in [0.3, 0.4) is 0 Å². The van der Waals surface area contributed by atoms with Crippen molar-refractivity contribution in [2.24, 2.45) is 11.1 Å². The van der Waals surface area contributed by atoms with Gasteiger partial charge in [-0.2, -0.15) is 0 Å². The summed E-state index contributed by atoms with van der Waals surface area (Å²) < 4.78 is 0. The van der Waals surface area contributed by atoms with E-state index in [2.05, 4.69) is 26.0 Å². The maximum atomic E-state index is 6.42. The molecule has 1 atom stereocenters. The number of rotatable bonds is 0. The Labute approximate surface area is 91.7 Å². The first-order valence-corrected chi connectivity index (χ1v) is 5.98. The first-order valence-electron chi connectivity index (χ1n) is 5.98. The summed E-state index contributed by atoms with van der Waals surface area (Å²) in [4.78, 5) is 0. The summed E-state index contributed by atoms with van der Waals surface area (Å²) in [6, 6.07) is 4.91. The molecule has 1 aromatic carbocycles. The Morgan fingerprint density at radius 1 is 1.20 bits per heavy atom. The molecule has 0 heterocycles. The van der Waals surface area contributed by atoms with Crippen LogP contribution in [0.1, 0.15) is 47.6 Å². The minimum atomic E-state index is 0.305. The van der Waals surface area contributed by atoms with Crippen molar-refractivity contribution in [1.82, 2.24) is 0 Å². The zero-order valence-corrected chi connectivity index (χ0v) is 9.64. The summed E-state index contributed by atoms with van der Waals surface area (Å²) in [6.45, 7) is 4.40. The SMILES string of the molecule is Cc1cc(C)c2c(c1)C(N)C1(CC2)CC1. The van der Waals surface area contributed by atoms with Crippen LogP contribution in [-0.2, 0) is 6.42 Å². The normalized spacial score (nSPS) is 26.5. The lowest BCUT2D eigenvalue weighted by atomic mass is 9.76. The molecule has 2 aliphatic carbocycles.